The minimum absolute atomic E-state index is 0.0849. The van der Waals surface area contributed by atoms with Crippen molar-refractivity contribution in [1.29, 1.82) is 0 Å². The van der Waals surface area contributed by atoms with Crippen molar-refractivity contribution in [2.75, 3.05) is 19.5 Å². The van der Waals surface area contributed by atoms with Crippen LogP contribution in [0.25, 0.3) is 11.4 Å². The molecule has 0 aliphatic carbocycles. The number of aromatic nitrogens is 4. The van der Waals surface area contributed by atoms with Crippen molar-refractivity contribution < 1.29 is 13.5 Å². The van der Waals surface area contributed by atoms with Crippen LogP contribution in [0.2, 0.25) is 0 Å². The Hall–Kier alpha value is -2.09. The SMILES string of the molecule is COCCCn1nnnc1-c1cc(F)c(F)cc1N. The summed E-state index contributed by atoms with van der Waals surface area (Å²) >= 11 is 0. The zero-order valence-electron chi connectivity index (χ0n) is 10.3. The van der Waals surface area contributed by atoms with Gasteiger partial charge in [0, 0.05) is 37.6 Å². The highest BCUT2D eigenvalue weighted by Crippen LogP contribution is 2.26. The fraction of sp³-hybridized carbons (Fsp3) is 0.364. The normalized spacial score (nSPS) is 10.9. The third kappa shape index (κ3) is 2.84. The first-order valence-corrected chi connectivity index (χ1v) is 5.63. The number of anilines is 1. The van der Waals surface area contributed by atoms with Crippen molar-refractivity contribution >= 4 is 5.69 Å². The van der Waals surface area contributed by atoms with E-state index in [1.54, 1.807) is 7.11 Å². The van der Waals surface area contributed by atoms with Gasteiger partial charge in [0.2, 0.25) is 0 Å². The smallest absolute Gasteiger partial charge is 0.184 e. The van der Waals surface area contributed by atoms with E-state index < -0.39 is 11.6 Å². The first-order chi connectivity index (χ1) is 9.13. The summed E-state index contributed by atoms with van der Waals surface area (Å²) in [4.78, 5) is 0. The van der Waals surface area contributed by atoms with Crippen LogP contribution in [0.4, 0.5) is 14.5 Å². The molecule has 1 aromatic heterocycles. The van der Waals surface area contributed by atoms with Gasteiger partial charge in [-0.1, -0.05) is 0 Å². The van der Waals surface area contributed by atoms with E-state index in [1.807, 2.05) is 0 Å². The zero-order chi connectivity index (χ0) is 13.8. The lowest BCUT2D eigenvalue weighted by atomic mass is 10.1. The highest BCUT2D eigenvalue weighted by atomic mass is 19.2. The number of nitrogens with two attached hydrogens (primary N) is 1. The van der Waals surface area contributed by atoms with Gasteiger partial charge >= 0.3 is 0 Å². The predicted octanol–water partition coefficient (Wildman–Crippen LogP) is 1.24. The van der Waals surface area contributed by atoms with E-state index in [0.717, 1.165) is 12.1 Å². The molecule has 0 spiro atoms. The number of aryl methyl sites for hydroxylation is 1. The summed E-state index contributed by atoms with van der Waals surface area (Å²) in [7, 11) is 1.59. The van der Waals surface area contributed by atoms with Gasteiger partial charge in [-0.15, -0.1) is 5.10 Å². The molecule has 0 saturated heterocycles. The number of hydrogen-bond acceptors (Lipinski definition) is 5. The van der Waals surface area contributed by atoms with E-state index in [-0.39, 0.29) is 11.3 Å². The molecule has 0 radical (unpaired) electrons. The van der Waals surface area contributed by atoms with Crippen LogP contribution in [0.3, 0.4) is 0 Å². The Labute approximate surface area is 108 Å². The molecular weight excluding hydrogens is 256 g/mol. The van der Waals surface area contributed by atoms with E-state index in [0.29, 0.717) is 25.4 Å². The van der Waals surface area contributed by atoms with E-state index in [9.17, 15) is 8.78 Å². The zero-order valence-corrected chi connectivity index (χ0v) is 10.3. The van der Waals surface area contributed by atoms with Crippen molar-refractivity contribution in [3.8, 4) is 11.4 Å². The van der Waals surface area contributed by atoms with Crippen LogP contribution in [0, 0.1) is 11.6 Å². The molecule has 0 fully saturated rings. The lowest BCUT2D eigenvalue weighted by molar-refractivity contribution is 0.189. The second kappa shape index (κ2) is 5.70. The van der Waals surface area contributed by atoms with Gasteiger partial charge < -0.3 is 10.5 Å². The summed E-state index contributed by atoms with van der Waals surface area (Å²) in [6.07, 6.45) is 0.693. The Morgan fingerprint density at radius 3 is 2.79 bits per heavy atom. The molecule has 0 aliphatic heterocycles. The van der Waals surface area contributed by atoms with Crippen LogP contribution in [0.5, 0.6) is 0 Å². The number of halogens is 2. The number of nitrogen functional groups attached to an aromatic ring is 1. The Morgan fingerprint density at radius 1 is 1.32 bits per heavy atom. The minimum Gasteiger partial charge on any atom is -0.398 e. The van der Waals surface area contributed by atoms with Crippen molar-refractivity contribution in [2.45, 2.75) is 13.0 Å². The lowest BCUT2D eigenvalue weighted by Crippen LogP contribution is -2.07. The second-order valence-electron chi connectivity index (χ2n) is 3.93. The maximum absolute atomic E-state index is 13.3. The van der Waals surface area contributed by atoms with Gasteiger partial charge in [-0.3, -0.25) is 0 Å². The summed E-state index contributed by atoms with van der Waals surface area (Å²) in [5.41, 5.74) is 6.01. The van der Waals surface area contributed by atoms with Crippen molar-refractivity contribution in [2.24, 2.45) is 0 Å². The number of methoxy groups -OCH3 is 1. The fourth-order valence-corrected chi connectivity index (χ4v) is 1.66. The molecule has 1 aromatic carbocycles. The maximum atomic E-state index is 13.3. The summed E-state index contributed by atoms with van der Waals surface area (Å²) in [5.74, 6) is -1.69. The van der Waals surface area contributed by atoms with Crippen LogP contribution in [-0.2, 0) is 11.3 Å². The molecular formula is C11H13F2N5O. The molecule has 2 N–H and O–H groups in total. The van der Waals surface area contributed by atoms with E-state index in [4.69, 9.17) is 10.5 Å². The molecule has 8 heteroatoms. The van der Waals surface area contributed by atoms with Gasteiger partial charge in [0.25, 0.3) is 0 Å². The van der Waals surface area contributed by atoms with Gasteiger partial charge in [0.05, 0.1) is 0 Å². The monoisotopic (exact) mass is 269 g/mol. The van der Waals surface area contributed by atoms with Crippen LogP contribution in [0.15, 0.2) is 12.1 Å². The molecule has 2 rings (SSSR count). The topological polar surface area (TPSA) is 78.8 Å². The molecule has 0 atom stereocenters. The molecule has 2 aromatic rings. The number of tetrazole rings is 1. The van der Waals surface area contributed by atoms with E-state index in [1.165, 1.54) is 4.68 Å². The van der Waals surface area contributed by atoms with Gasteiger partial charge in [-0.2, -0.15) is 0 Å². The Bertz CT molecular complexity index is 572. The number of nitrogens with zero attached hydrogens (tertiary/aromatic N) is 4. The Balaban J connectivity index is 2.32. The number of rotatable bonds is 5. The largest absolute Gasteiger partial charge is 0.398 e. The van der Waals surface area contributed by atoms with E-state index >= 15 is 0 Å². The van der Waals surface area contributed by atoms with E-state index in [2.05, 4.69) is 15.5 Å². The molecule has 0 aliphatic rings. The van der Waals surface area contributed by atoms with Crippen molar-refractivity contribution in [3.05, 3.63) is 23.8 Å². The fourth-order valence-electron chi connectivity index (χ4n) is 1.66. The standard InChI is InChI=1S/C11H13F2N5O/c1-19-4-2-3-18-11(15-16-17-18)7-5-8(12)9(13)6-10(7)14/h5-6H,2-4,14H2,1H3. The third-order valence-corrected chi connectivity index (χ3v) is 2.58. The third-order valence-electron chi connectivity index (χ3n) is 2.58. The number of ether oxygens (including phenoxy) is 1. The van der Waals surface area contributed by atoms with Crippen molar-refractivity contribution in [1.82, 2.24) is 20.2 Å². The highest BCUT2D eigenvalue weighted by molar-refractivity contribution is 5.71. The molecule has 1 heterocycles. The summed E-state index contributed by atoms with van der Waals surface area (Å²) in [6.45, 7) is 1.04. The molecule has 102 valence electrons. The molecule has 19 heavy (non-hydrogen) atoms. The Kier molecular flexibility index (Phi) is 4.00. The van der Waals surface area contributed by atoms with Gasteiger partial charge in [0.1, 0.15) is 0 Å². The lowest BCUT2D eigenvalue weighted by Gasteiger charge is -2.07. The molecule has 0 bridgehead atoms. The van der Waals surface area contributed by atoms with Gasteiger partial charge in [0.15, 0.2) is 17.5 Å². The second-order valence-corrected chi connectivity index (χ2v) is 3.93. The quantitative estimate of drug-likeness (QED) is 0.652. The summed E-state index contributed by atoms with van der Waals surface area (Å²) in [5, 5.41) is 11.1. The van der Waals surface area contributed by atoms with Gasteiger partial charge in [-0.25, -0.2) is 13.5 Å². The average molecular weight is 269 g/mol. The summed E-state index contributed by atoms with van der Waals surface area (Å²) < 4.78 is 32.7. The predicted molar refractivity (Wildman–Crippen MR) is 64.1 cm³/mol. The Morgan fingerprint density at radius 2 is 2.05 bits per heavy atom. The highest BCUT2D eigenvalue weighted by Gasteiger charge is 2.15. The number of benzene rings is 1. The van der Waals surface area contributed by atoms with Crippen LogP contribution >= 0.6 is 0 Å². The molecule has 6 nitrogen and oxygen atoms in total. The first kappa shape index (κ1) is 13.3. The number of hydrogen-bond donors (Lipinski definition) is 1. The average Bonchev–Trinajstić information content (AvgIpc) is 2.82. The van der Waals surface area contributed by atoms with Crippen LogP contribution < -0.4 is 5.73 Å². The van der Waals surface area contributed by atoms with Gasteiger partial charge in [-0.05, 0) is 22.9 Å². The summed E-state index contributed by atoms with van der Waals surface area (Å²) in [6, 6.07) is 1.90. The molecule has 0 unspecified atom stereocenters. The van der Waals surface area contributed by atoms with Crippen LogP contribution in [0.1, 0.15) is 6.42 Å². The van der Waals surface area contributed by atoms with Crippen molar-refractivity contribution in [3.63, 3.8) is 0 Å². The molecule has 0 saturated carbocycles. The maximum Gasteiger partial charge on any atom is 0.184 e. The minimum atomic E-state index is -1.00. The first-order valence-electron chi connectivity index (χ1n) is 5.63. The van der Waals surface area contributed by atoms with Crippen LogP contribution in [-0.4, -0.2) is 33.9 Å². The molecule has 0 amide bonds.